The van der Waals surface area contributed by atoms with Gasteiger partial charge in [0.25, 0.3) is 0 Å². The van der Waals surface area contributed by atoms with Crippen molar-refractivity contribution in [3.63, 3.8) is 0 Å². The summed E-state index contributed by atoms with van der Waals surface area (Å²) in [5, 5.41) is 14.7. The Morgan fingerprint density at radius 3 is 3.00 bits per heavy atom. The topological polar surface area (TPSA) is 43.1 Å². The van der Waals surface area contributed by atoms with Gasteiger partial charge >= 0.3 is 0 Å². The summed E-state index contributed by atoms with van der Waals surface area (Å²) in [6.07, 6.45) is 5.89. The van der Waals surface area contributed by atoms with Gasteiger partial charge in [-0.05, 0) is 25.2 Å². The van der Waals surface area contributed by atoms with E-state index in [1.165, 1.54) is 25.0 Å². The number of hydrogen-bond acceptors (Lipinski definition) is 4. The minimum absolute atomic E-state index is 0.551. The molecule has 3 rings (SSSR count). The Bertz CT molecular complexity index is 451. The van der Waals surface area contributed by atoms with Gasteiger partial charge in [-0.2, -0.15) is 9.78 Å². The lowest BCUT2D eigenvalue weighted by Gasteiger charge is -2.31. The van der Waals surface area contributed by atoms with Crippen LogP contribution in [0, 0.1) is 5.92 Å². The second kappa shape index (κ2) is 4.44. The van der Waals surface area contributed by atoms with Crippen LogP contribution in [0.25, 0.3) is 0 Å². The third kappa shape index (κ3) is 1.90. The van der Waals surface area contributed by atoms with Crippen molar-refractivity contribution in [2.75, 3.05) is 0 Å². The summed E-state index contributed by atoms with van der Waals surface area (Å²) >= 11 is 1.85. The molecule has 0 saturated heterocycles. The summed E-state index contributed by atoms with van der Waals surface area (Å²) < 4.78 is 1.95. The molecule has 0 amide bonds. The zero-order valence-electron chi connectivity index (χ0n) is 10.4. The average molecular weight is 250 g/mol. The van der Waals surface area contributed by atoms with E-state index in [0.29, 0.717) is 5.25 Å². The summed E-state index contributed by atoms with van der Waals surface area (Å²) in [7, 11) is 0. The molecule has 0 spiro atoms. The van der Waals surface area contributed by atoms with E-state index in [4.69, 9.17) is 5.10 Å². The Morgan fingerprint density at radius 2 is 2.24 bits per heavy atom. The van der Waals surface area contributed by atoms with Crippen molar-refractivity contribution in [1.29, 1.82) is 0 Å². The average Bonchev–Trinajstić information content (AvgIpc) is 2.77. The maximum atomic E-state index is 4.75. The minimum Gasteiger partial charge on any atom is -0.192 e. The molecule has 1 aromatic rings. The molecule has 92 valence electrons. The summed E-state index contributed by atoms with van der Waals surface area (Å²) in [6.45, 7) is 4.39. The zero-order valence-corrected chi connectivity index (χ0v) is 11.2. The monoisotopic (exact) mass is 250 g/mol. The van der Waals surface area contributed by atoms with E-state index in [0.717, 1.165) is 29.7 Å². The van der Waals surface area contributed by atoms with Crippen molar-refractivity contribution in [3.8, 4) is 0 Å². The lowest BCUT2D eigenvalue weighted by molar-refractivity contribution is 0.429. The summed E-state index contributed by atoms with van der Waals surface area (Å²) in [5.41, 5.74) is 1.35. The van der Waals surface area contributed by atoms with Crippen LogP contribution in [0.3, 0.4) is 0 Å². The maximum Gasteiger partial charge on any atom is 0.212 e. The van der Waals surface area contributed by atoms with E-state index in [2.05, 4.69) is 24.0 Å². The summed E-state index contributed by atoms with van der Waals surface area (Å²) in [5.74, 6) is 1.85. The van der Waals surface area contributed by atoms with Crippen molar-refractivity contribution < 1.29 is 0 Å². The molecule has 0 N–H and O–H groups in total. The van der Waals surface area contributed by atoms with E-state index in [9.17, 15) is 0 Å². The SMILES string of the molecule is CCc1nnc2n1N=C1CCC(CC)CC1S2. The second-order valence-corrected chi connectivity index (χ2v) is 5.98. The van der Waals surface area contributed by atoms with E-state index in [1.54, 1.807) is 0 Å². The fourth-order valence-corrected chi connectivity index (χ4v) is 3.87. The number of aryl methyl sites for hydroxylation is 1. The van der Waals surface area contributed by atoms with E-state index in [-0.39, 0.29) is 0 Å². The predicted octanol–water partition coefficient (Wildman–Crippen LogP) is 2.73. The van der Waals surface area contributed by atoms with Crippen molar-refractivity contribution in [1.82, 2.24) is 14.9 Å². The molecule has 0 aromatic carbocycles. The third-order valence-electron chi connectivity index (χ3n) is 3.77. The van der Waals surface area contributed by atoms with Gasteiger partial charge in [0.05, 0.1) is 11.0 Å². The molecule has 0 bridgehead atoms. The second-order valence-electron chi connectivity index (χ2n) is 4.81. The summed E-state index contributed by atoms with van der Waals surface area (Å²) in [4.78, 5) is 0. The van der Waals surface area contributed by atoms with Gasteiger partial charge in [0.15, 0.2) is 5.82 Å². The van der Waals surface area contributed by atoms with Crippen LogP contribution in [0.2, 0.25) is 0 Å². The molecular weight excluding hydrogens is 232 g/mol. The van der Waals surface area contributed by atoms with Gasteiger partial charge in [0.1, 0.15) is 0 Å². The van der Waals surface area contributed by atoms with Crippen LogP contribution in [0.5, 0.6) is 0 Å². The standard InChI is InChI=1S/C12H18N4S/c1-3-8-5-6-9-10(7-8)17-12-14-13-11(4-2)16(12)15-9/h8,10H,3-7H2,1-2H3. The highest BCUT2D eigenvalue weighted by Crippen LogP contribution is 2.38. The molecule has 2 aliphatic rings. The molecule has 1 aromatic heterocycles. The zero-order chi connectivity index (χ0) is 11.8. The van der Waals surface area contributed by atoms with E-state index >= 15 is 0 Å². The van der Waals surface area contributed by atoms with Crippen LogP contribution in [0.1, 0.15) is 45.4 Å². The molecule has 0 radical (unpaired) electrons. The molecule has 1 aliphatic heterocycles. The first-order chi connectivity index (χ1) is 8.31. The number of thioether (sulfide) groups is 1. The first-order valence-electron chi connectivity index (χ1n) is 6.50. The third-order valence-corrected chi connectivity index (χ3v) is 4.99. The molecule has 2 atom stereocenters. The Kier molecular flexibility index (Phi) is 2.94. The van der Waals surface area contributed by atoms with Gasteiger partial charge in [-0.25, -0.2) is 0 Å². The molecule has 1 fully saturated rings. The lowest BCUT2D eigenvalue weighted by atomic mass is 9.86. The van der Waals surface area contributed by atoms with Crippen LogP contribution in [0.4, 0.5) is 0 Å². The smallest absolute Gasteiger partial charge is 0.192 e. The number of fused-ring (bicyclic) bond motifs is 2. The van der Waals surface area contributed by atoms with Crippen LogP contribution >= 0.6 is 11.8 Å². The molecule has 4 nitrogen and oxygen atoms in total. The fourth-order valence-electron chi connectivity index (χ4n) is 2.62. The van der Waals surface area contributed by atoms with E-state index < -0.39 is 0 Å². The van der Waals surface area contributed by atoms with Gasteiger partial charge in [-0.1, -0.05) is 32.0 Å². The van der Waals surface area contributed by atoms with Gasteiger partial charge in [-0.3, -0.25) is 0 Å². The molecule has 2 heterocycles. The Labute approximate surface area is 106 Å². The number of hydrogen-bond donors (Lipinski definition) is 0. The van der Waals surface area contributed by atoms with Crippen LogP contribution in [-0.2, 0) is 6.42 Å². The lowest BCUT2D eigenvalue weighted by Crippen LogP contribution is -2.30. The van der Waals surface area contributed by atoms with Crippen LogP contribution in [0.15, 0.2) is 10.3 Å². The highest BCUT2D eigenvalue weighted by molar-refractivity contribution is 8.00. The highest BCUT2D eigenvalue weighted by Gasteiger charge is 2.32. The first-order valence-corrected chi connectivity index (χ1v) is 7.38. The molecule has 2 unspecified atom stereocenters. The largest absolute Gasteiger partial charge is 0.212 e. The number of rotatable bonds is 2. The normalized spacial score (nSPS) is 27.3. The molecular formula is C12H18N4S. The Morgan fingerprint density at radius 1 is 1.35 bits per heavy atom. The van der Waals surface area contributed by atoms with E-state index in [1.807, 2.05) is 16.4 Å². The van der Waals surface area contributed by atoms with Gasteiger partial charge < -0.3 is 0 Å². The fraction of sp³-hybridized carbons (Fsp3) is 0.750. The van der Waals surface area contributed by atoms with Crippen molar-refractivity contribution >= 4 is 17.5 Å². The first kappa shape index (κ1) is 11.3. The van der Waals surface area contributed by atoms with Gasteiger partial charge in [0.2, 0.25) is 5.16 Å². The van der Waals surface area contributed by atoms with Crippen molar-refractivity contribution in [2.24, 2.45) is 11.0 Å². The molecule has 1 aliphatic carbocycles. The van der Waals surface area contributed by atoms with Crippen molar-refractivity contribution in [3.05, 3.63) is 5.82 Å². The maximum absolute atomic E-state index is 4.75. The minimum atomic E-state index is 0.551. The highest BCUT2D eigenvalue weighted by atomic mass is 32.2. The van der Waals surface area contributed by atoms with Gasteiger partial charge in [-0.15, -0.1) is 10.2 Å². The molecule has 17 heavy (non-hydrogen) atoms. The summed E-state index contributed by atoms with van der Waals surface area (Å²) in [6, 6.07) is 0. The van der Waals surface area contributed by atoms with Crippen molar-refractivity contribution in [2.45, 2.75) is 56.4 Å². The van der Waals surface area contributed by atoms with Crippen LogP contribution in [-0.4, -0.2) is 25.8 Å². The Hall–Kier alpha value is -0.840. The number of nitrogens with zero attached hydrogens (tertiary/aromatic N) is 4. The van der Waals surface area contributed by atoms with Gasteiger partial charge in [0, 0.05) is 6.42 Å². The van der Waals surface area contributed by atoms with Crippen LogP contribution < -0.4 is 0 Å². The molecule has 1 saturated carbocycles. The predicted molar refractivity (Wildman–Crippen MR) is 69.5 cm³/mol. The quantitative estimate of drug-likeness (QED) is 0.810. The molecule has 5 heteroatoms. The number of aromatic nitrogens is 3. The Balaban J connectivity index is 1.89.